The Morgan fingerprint density at radius 1 is 0.903 bits per heavy atom. The van der Waals surface area contributed by atoms with Gasteiger partial charge in [-0.05, 0) is 15.8 Å². The molecule has 3 aliphatic rings. The minimum Gasteiger partial charge on any atom is -0.408 e. The van der Waals surface area contributed by atoms with Crippen LogP contribution in [0.3, 0.4) is 0 Å². The van der Waals surface area contributed by atoms with E-state index in [2.05, 4.69) is 81.4 Å². The molecule has 5 heteroatoms. The molecule has 4 nitrogen and oxygen atoms in total. The lowest BCUT2D eigenvalue weighted by atomic mass is 9.74. The molecule has 2 aromatic carbocycles. The number of hydrogen-bond acceptors (Lipinski definition) is 4. The summed E-state index contributed by atoms with van der Waals surface area (Å²) in [5, 5.41) is 2.64. The van der Waals surface area contributed by atoms with Crippen LogP contribution in [0.2, 0.25) is 0 Å². The molecule has 0 unspecified atom stereocenters. The lowest BCUT2D eigenvalue weighted by molar-refractivity contribution is -0.246. The first-order valence-electron chi connectivity index (χ1n) is 11.6. The van der Waals surface area contributed by atoms with Crippen LogP contribution in [0, 0.1) is 5.41 Å². The van der Waals surface area contributed by atoms with Crippen molar-refractivity contribution < 1.29 is 18.6 Å². The molecule has 1 saturated carbocycles. The highest BCUT2D eigenvalue weighted by atomic mass is 28.3. The molecule has 5 rings (SSSR count). The minimum atomic E-state index is -1.80. The summed E-state index contributed by atoms with van der Waals surface area (Å²) in [4.78, 5) is 0. The molecule has 0 N–H and O–H groups in total. The summed E-state index contributed by atoms with van der Waals surface area (Å²) in [7, 11) is -1.80. The molecule has 3 atom stereocenters. The second kappa shape index (κ2) is 8.12. The number of benzene rings is 2. The molecular formula is C26H34O4Si. The van der Waals surface area contributed by atoms with Crippen molar-refractivity contribution in [3.63, 3.8) is 0 Å². The standard InChI is InChI=1S/C26H34O4Si/c1-24(2,3)26-19-20(18-23(26)28-25(30-26)14-16-27-17-15-25)29-31(21-10-6-4-7-11-21)22-12-8-5-9-13-22/h4-13,20,23,31H,14-19H2,1-3H3/t20-,23-,26-/m0/s1. The molecule has 3 fully saturated rings. The van der Waals surface area contributed by atoms with E-state index in [4.69, 9.17) is 18.6 Å². The van der Waals surface area contributed by atoms with Crippen LogP contribution < -0.4 is 10.4 Å². The summed E-state index contributed by atoms with van der Waals surface area (Å²) in [5.74, 6) is -0.475. The second-order valence-electron chi connectivity index (χ2n) is 10.3. The van der Waals surface area contributed by atoms with Crippen molar-refractivity contribution in [1.82, 2.24) is 0 Å². The Hall–Kier alpha value is -1.50. The van der Waals surface area contributed by atoms with Crippen LogP contribution in [0.1, 0.15) is 46.5 Å². The maximum Gasteiger partial charge on any atom is 0.240 e. The van der Waals surface area contributed by atoms with Crippen LogP contribution in [-0.2, 0) is 18.6 Å². The van der Waals surface area contributed by atoms with Crippen LogP contribution in [0.5, 0.6) is 0 Å². The normalized spacial score (nSPS) is 30.1. The van der Waals surface area contributed by atoms with E-state index in [0.717, 1.165) is 25.7 Å². The summed E-state index contributed by atoms with van der Waals surface area (Å²) in [6.07, 6.45) is 3.61. The highest BCUT2D eigenvalue weighted by molar-refractivity contribution is 6.80. The van der Waals surface area contributed by atoms with Gasteiger partial charge < -0.3 is 18.6 Å². The Morgan fingerprint density at radius 2 is 1.48 bits per heavy atom. The molecule has 2 saturated heterocycles. The zero-order chi connectivity index (χ0) is 21.5. The monoisotopic (exact) mass is 438 g/mol. The smallest absolute Gasteiger partial charge is 0.240 e. The summed E-state index contributed by atoms with van der Waals surface area (Å²) in [6, 6.07) is 21.4. The van der Waals surface area contributed by atoms with Gasteiger partial charge in [0.05, 0.1) is 25.4 Å². The third-order valence-corrected chi connectivity index (χ3v) is 9.95. The van der Waals surface area contributed by atoms with Crippen molar-refractivity contribution in [1.29, 1.82) is 0 Å². The molecule has 0 radical (unpaired) electrons. The van der Waals surface area contributed by atoms with Gasteiger partial charge in [0.2, 0.25) is 9.04 Å². The van der Waals surface area contributed by atoms with Crippen LogP contribution in [0.25, 0.3) is 0 Å². The van der Waals surface area contributed by atoms with Gasteiger partial charge in [-0.3, -0.25) is 0 Å². The summed E-state index contributed by atoms with van der Waals surface area (Å²) < 4.78 is 26.2. The average molecular weight is 439 g/mol. The molecule has 0 amide bonds. The van der Waals surface area contributed by atoms with E-state index in [1.54, 1.807) is 0 Å². The summed E-state index contributed by atoms with van der Waals surface area (Å²) >= 11 is 0. The van der Waals surface area contributed by atoms with Crippen LogP contribution in [0.15, 0.2) is 60.7 Å². The predicted molar refractivity (Wildman–Crippen MR) is 124 cm³/mol. The van der Waals surface area contributed by atoms with E-state index < -0.39 is 14.8 Å². The van der Waals surface area contributed by atoms with Gasteiger partial charge in [0.25, 0.3) is 0 Å². The SMILES string of the molecule is CC(C)(C)[C@]12C[C@@H](O[SiH](c3ccccc3)c3ccccc3)C[C@@H]1OC1(CCOCC1)O2. The average Bonchev–Trinajstić information content (AvgIpc) is 3.25. The fraction of sp³-hybridized carbons (Fsp3) is 0.538. The lowest BCUT2D eigenvalue weighted by Gasteiger charge is -2.42. The van der Waals surface area contributed by atoms with Crippen molar-refractivity contribution in [2.75, 3.05) is 13.2 Å². The third kappa shape index (κ3) is 3.91. The fourth-order valence-corrected chi connectivity index (χ4v) is 8.03. The third-order valence-electron chi connectivity index (χ3n) is 7.31. The highest BCUT2D eigenvalue weighted by Gasteiger charge is 2.66. The molecule has 2 aliphatic heterocycles. The molecule has 2 aromatic rings. The van der Waals surface area contributed by atoms with Crippen LogP contribution in [-0.4, -0.2) is 45.9 Å². The largest absolute Gasteiger partial charge is 0.408 e. The molecule has 0 aromatic heterocycles. The predicted octanol–water partition coefficient (Wildman–Crippen LogP) is 3.41. The van der Waals surface area contributed by atoms with E-state index >= 15 is 0 Å². The molecule has 31 heavy (non-hydrogen) atoms. The minimum absolute atomic E-state index is 0.0336. The quantitative estimate of drug-likeness (QED) is 0.686. The molecule has 2 heterocycles. The topological polar surface area (TPSA) is 36.9 Å². The first-order chi connectivity index (χ1) is 14.9. The second-order valence-corrected chi connectivity index (χ2v) is 12.6. The number of ether oxygens (including phenoxy) is 3. The summed E-state index contributed by atoms with van der Waals surface area (Å²) in [5.41, 5.74) is -0.352. The van der Waals surface area contributed by atoms with Crippen molar-refractivity contribution in [3.8, 4) is 0 Å². The van der Waals surface area contributed by atoms with Crippen LogP contribution in [0.4, 0.5) is 0 Å². The van der Waals surface area contributed by atoms with E-state index in [0.29, 0.717) is 13.2 Å². The van der Waals surface area contributed by atoms with Gasteiger partial charge in [0, 0.05) is 25.7 Å². The Balaban J connectivity index is 1.41. The molecule has 0 bridgehead atoms. The van der Waals surface area contributed by atoms with Gasteiger partial charge in [-0.15, -0.1) is 0 Å². The van der Waals surface area contributed by atoms with Gasteiger partial charge >= 0.3 is 0 Å². The number of hydrogen-bond donors (Lipinski definition) is 0. The highest BCUT2D eigenvalue weighted by Crippen LogP contribution is 2.57. The molecule has 1 aliphatic carbocycles. The first kappa shape index (κ1) is 21.3. The van der Waals surface area contributed by atoms with Crippen LogP contribution >= 0.6 is 0 Å². The molecular weight excluding hydrogens is 404 g/mol. The maximum atomic E-state index is 6.97. The summed E-state index contributed by atoms with van der Waals surface area (Å²) in [6.45, 7) is 8.28. The Bertz CT molecular complexity index is 836. The van der Waals surface area contributed by atoms with E-state index in [-0.39, 0.29) is 23.2 Å². The van der Waals surface area contributed by atoms with Gasteiger partial charge in [-0.25, -0.2) is 0 Å². The number of rotatable bonds is 4. The zero-order valence-corrected chi connectivity index (χ0v) is 20.0. The van der Waals surface area contributed by atoms with Crippen molar-refractivity contribution in [2.45, 2.75) is 70.1 Å². The van der Waals surface area contributed by atoms with E-state index in [1.807, 2.05) is 0 Å². The lowest BCUT2D eigenvalue weighted by Crippen LogP contribution is -2.50. The van der Waals surface area contributed by atoms with Gasteiger partial charge in [0.15, 0.2) is 5.79 Å². The van der Waals surface area contributed by atoms with Crippen molar-refractivity contribution in [2.24, 2.45) is 5.41 Å². The molecule has 166 valence electrons. The Morgan fingerprint density at radius 3 is 2.00 bits per heavy atom. The number of fused-ring (bicyclic) bond motifs is 1. The zero-order valence-electron chi connectivity index (χ0n) is 18.9. The molecule has 1 spiro atoms. The maximum absolute atomic E-state index is 6.97. The first-order valence-corrected chi connectivity index (χ1v) is 13.2. The van der Waals surface area contributed by atoms with E-state index in [1.165, 1.54) is 10.4 Å². The fourth-order valence-electron chi connectivity index (χ4n) is 5.59. The van der Waals surface area contributed by atoms with E-state index in [9.17, 15) is 0 Å². The van der Waals surface area contributed by atoms with Gasteiger partial charge in [-0.1, -0.05) is 81.4 Å². The Labute approximate surface area is 187 Å². The van der Waals surface area contributed by atoms with Crippen molar-refractivity contribution >= 4 is 19.4 Å². The van der Waals surface area contributed by atoms with Crippen molar-refractivity contribution in [3.05, 3.63) is 60.7 Å². The Kier molecular flexibility index (Phi) is 5.60. The van der Waals surface area contributed by atoms with Gasteiger partial charge in [0.1, 0.15) is 5.60 Å². The van der Waals surface area contributed by atoms with Gasteiger partial charge in [-0.2, -0.15) is 0 Å².